The van der Waals surface area contributed by atoms with Crippen LogP contribution in [0.2, 0.25) is 10.0 Å². The number of halogens is 2. The molecule has 3 aliphatic rings. The molecule has 1 N–H and O–H groups in total. The van der Waals surface area contributed by atoms with Crippen molar-refractivity contribution in [1.29, 1.82) is 0 Å². The highest BCUT2D eigenvalue weighted by Gasteiger charge is 2.31. The first kappa shape index (κ1) is 31.5. The Morgan fingerprint density at radius 1 is 0.911 bits per heavy atom. The molecule has 0 atom stereocenters. The molecule has 3 fully saturated rings. The number of amides is 2. The zero-order chi connectivity index (χ0) is 31.3. The third-order valence-electron chi connectivity index (χ3n) is 8.94. The number of benzene rings is 1. The van der Waals surface area contributed by atoms with Gasteiger partial charge in [0, 0.05) is 73.8 Å². The Balaban J connectivity index is 1.13. The van der Waals surface area contributed by atoms with Gasteiger partial charge in [-0.2, -0.15) is 0 Å². The topological polar surface area (TPSA) is 104 Å². The molecule has 2 aromatic heterocycles. The molecule has 1 aliphatic carbocycles. The van der Waals surface area contributed by atoms with Crippen LogP contribution < -0.4 is 15.0 Å². The maximum atomic E-state index is 12.6. The van der Waals surface area contributed by atoms with Gasteiger partial charge in [0.2, 0.25) is 23.6 Å². The minimum absolute atomic E-state index is 0.0189. The molecule has 6 rings (SSSR count). The van der Waals surface area contributed by atoms with Gasteiger partial charge < -0.3 is 19.9 Å². The molecule has 238 valence electrons. The first-order valence-corrected chi connectivity index (χ1v) is 16.5. The van der Waals surface area contributed by atoms with E-state index in [9.17, 15) is 9.59 Å². The summed E-state index contributed by atoms with van der Waals surface area (Å²) in [6.07, 6.45) is 8.60. The van der Waals surface area contributed by atoms with E-state index >= 15 is 0 Å². The first-order chi connectivity index (χ1) is 21.8. The normalized spacial score (nSPS) is 18.0. The van der Waals surface area contributed by atoms with Crippen molar-refractivity contribution in [3.8, 4) is 22.9 Å². The molecule has 2 amide bonds. The summed E-state index contributed by atoms with van der Waals surface area (Å²) < 4.78 is 6.21. The molecule has 0 radical (unpaired) electrons. The summed E-state index contributed by atoms with van der Waals surface area (Å²) in [6, 6.07) is 9.38. The summed E-state index contributed by atoms with van der Waals surface area (Å²) in [6.45, 7) is 7.71. The van der Waals surface area contributed by atoms with Gasteiger partial charge in [0.25, 0.3) is 0 Å². The van der Waals surface area contributed by atoms with Crippen molar-refractivity contribution in [2.24, 2.45) is 11.8 Å². The Labute approximate surface area is 274 Å². The van der Waals surface area contributed by atoms with Crippen LogP contribution in [-0.2, 0) is 16.1 Å². The van der Waals surface area contributed by atoms with Crippen LogP contribution in [0, 0.1) is 11.8 Å². The second-order valence-corrected chi connectivity index (χ2v) is 13.1. The van der Waals surface area contributed by atoms with E-state index in [2.05, 4.69) is 25.1 Å². The Hall–Kier alpha value is -3.47. The summed E-state index contributed by atoms with van der Waals surface area (Å²) in [5, 5.41) is 4.02. The van der Waals surface area contributed by atoms with E-state index in [0.29, 0.717) is 71.3 Å². The molecule has 1 saturated carbocycles. The van der Waals surface area contributed by atoms with Crippen LogP contribution in [0.3, 0.4) is 0 Å². The lowest BCUT2D eigenvalue weighted by molar-refractivity contribution is -0.138. The maximum Gasteiger partial charge on any atom is 0.225 e. The van der Waals surface area contributed by atoms with Gasteiger partial charge in [0.15, 0.2) is 5.75 Å². The molecule has 12 heteroatoms. The standard InChI is InChI=1S/C33H39Cl2N7O3/c1-22(43)36-18-23-5-7-40(8-6-23)21-24-13-30(26-15-27(34)17-28(35)16-26)39-31(14-24)45-29-19-37-33(38-20-29)42-11-9-41(10-12-42)32(44)25-3-2-4-25/h13-17,19-20,23,25H,2-12,18,21H2,1H3,(H,36,43). The number of hydrogen-bond acceptors (Lipinski definition) is 8. The molecule has 1 aromatic carbocycles. The first-order valence-electron chi connectivity index (χ1n) is 15.8. The lowest BCUT2D eigenvalue weighted by Gasteiger charge is -2.38. The summed E-state index contributed by atoms with van der Waals surface area (Å²) in [5.41, 5.74) is 2.56. The van der Waals surface area contributed by atoms with E-state index in [1.807, 2.05) is 29.2 Å². The summed E-state index contributed by atoms with van der Waals surface area (Å²) in [4.78, 5) is 44.4. The number of nitrogens with one attached hydrogen (secondary N) is 1. The van der Waals surface area contributed by atoms with Crippen molar-refractivity contribution in [1.82, 2.24) is 30.1 Å². The van der Waals surface area contributed by atoms with Crippen molar-refractivity contribution in [2.45, 2.75) is 45.6 Å². The number of ether oxygens (including phenoxy) is 1. The second-order valence-electron chi connectivity index (χ2n) is 12.3. The second kappa shape index (κ2) is 14.3. The number of carbonyl (C=O) groups excluding carboxylic acids is 2. The summed E-state index contributed by atoms with van der Waals surface area (Å²) in [5.74, 6) is 2.57. The average molecular weight is 653 g/mol. The van der Waals surface area contributed by atoms with Crippen molar-refractivity contribution in [3.05, 3.63) is 58.3 Å². The van der Waals surface area contributed by atoms with E-state index in [0.717, 1.165) is 69.4 Å². The fourth-order valence-corrected chi connectivity index (χ4v) is 6.66. The number of likely N-dealkylation sites (tertiary alicyclic amines) is 1. The smallest absolute Gasteiger partial charge is 0.225 e. The van der Waals surface area contributed by atoms with Crippen LogP contribution in [0.1, 0.15) is 44.6 Å². The number of piperidine rings is 1. The Kier molecular flexibility index (Phi) is 10.0. The van der Waals surface area contributed by atoms with Crippen molar-refractivity contribution in [3.63, 3.8) is 0 Å². The largest absolute Gasteiger partial charge is 0.436 e. The monoisotopic (exact) mass is 651 g/mol. The summed E-state index contributed by atoms with van der Waals surface area (Å²) in [7, 11) is 0. The van der Waals surface area contributed by atoms with Crippen LogP contribution in [-0.4, -0.2) is 82.4 Å². The molecular weight excluding hydrogens is 613 g/mol. The van der Waals surface area contributed by atoms with Crippen LogP contribution in [0.4, 0.5) is 5.95 Å². The number of aromatic nitrogens is 3. The third-order valence-corrected chi connectivity index (χ3v) is 9.37. The van der Waals surface area contributed by atoms with Crippen LogP contribution in [0.15, 0.2) is 42.7 Å². The molecule has 0 spiro atoms. The lowest BCUT2D eigenvalue weighted by atomic mass is 9.84. The van der Waals surface area contributed by atoms with Gasteiger partial charge >= 0.3 is 0 Å². The maximum absolute atomic E-state index is 12.6. The minimum atomic E-state index is 0.0189. The Morgan fingerprint density at radius 2 is 1.60 bits per heavy atom. The SMILES string of the molecule is CC(=O)NCC1CCN(Cc2cc(Oc3cnc(N4CCN(C(=O)C5CCC5)CC4)nc3)nc(-c3cc(Cl)cc(Cl)c3)c2)CC1. The molecule has 0 unspecified atom stereocenters. The zero-order valence-corrected chi connectivity index (χ0v) is 27.1. The minimum Gasteiger partial charge on any atom is -0.436 e. The predicted molar refractivity (Wildman–Crippen MR) is 175 cm³/mol. The highest BCUT2D eigenvalue weighted by atomic mass is 35.5. The van der Waals surface area contributed by atoms with E-state index < -0.39 is 0 Å². The Bertz CT molecular complexity index is 1480. The molecule has 3 aromatic rings. The van der Waals surface area contributed by atoms with E-state index in [4.69, 9.17) is 32.9 Å². The van der Waals surface area contributed by atoms with Gasteiger partial charge in [0.1, 0.15) is 0 Å². The van der Waals surface area contributed by atoms with Gasteiger partial charge in [-0.05, 0) is 74.5 Å². The highest BCUT2D eigenvalue weighted by molar-refractivity contribution is 6.35. The fraction of sp³-hybridized carbons (Fsp3) is 0.485. The van der Waals surface area contributed by atoms with E-state index in [-0.39, 0.29) is 11.8 Å². The van der Waals surface area contributed by atoms with Gasteiger partial charge in [-0.1, -0.05) is 29.6 Å². The lowest BCUT2D eigenvalue weighted by Crippen LogP contribution is -2.51. The number of rotatable bonds is 9. The van der Waals surface area contributed by atoms with Crippen molar-refractivity contribution in [2.75, 3.05) is 50.7 Å². The molecule has 0 bridgehead atoms. The van der Waals surface area contributed by atoms with Crippen molar-refractivity contribution < 1.29 is 14.3 Å². The van der Waals surface area contributed by atoms with Gasteiger partial charge in [-0.15, -0.1) is 0 Å². The quantitative estimate of drug-likeness (QED) is 0.327. The summed E-state index contributed by atoms with van der Waals surface area (Å²) >= 11 is 12.7. The average Bonchev–Trinajstić information content (AvgIpc) is 3.00. The van der Waals surface area contributed by atoms with E-state index in [1.165, 1.54) is 0 Å². The predicted octanol–water partition coefficient (Wildman–Crippen LogP) is 5.43. The molecule has 2 aliphatic heterocycles. The fourth-order valence-electron chi connectivity index (χ4n) is 6.13. The Morgan fingerprint density at radius 3 is 2.22 bits per heavy atom. The zero-order valence-electron chi connectivity index (χ0n) is 25.6. The number of anilines is 1. The number of pyridine rings is 1. The molecular formula is C33H39Cl2N7O3. The van der Waals surface area contributed by atoms with Gasteiger partial charge in [-0.25, -0.2) is 15.0 Å². The molecule has 4 heterocycles. The number of nitrogens with zero attached hydrogens (tertiary/aromatic N) is 6. The number of hydrogen-bond donors (Lipinski definition) is 1. The van der Waals surface area contributed by atoms with Crippen LogP contribution in [0.25, 0.3) is 11.3 Å². The molecule has 2 saturated heterocycles. The molecule has 10 nitrogen and oxygen atoms in total. The molecule has 45 heavy (non-hydrogen) atoms. The van der Waals surface area contributed by atoms with E-state index in [1.54, 1.807) is 25.4 Å². The van der Waals surface area contributed by atoms with Gasteiger partial charge in [-0.3, -0.25) is 14.5 Å². The highest BCUT2D eigenvalue weighted by Crippen LogP contribution is 2.31. The van der Waals surface area contributed by atoms with Crippen LogP contribution in [0.5, 0.6) is 11.6 Å². The van der Waals surface area contributed by atoms with Crippen LogP contribution >= 0.6 is 23.2 Å². The number of piperazine rings is 1. The van der Waals surface area contributed by atoms with Gasteiger partial charge in [0.05, 0.1) is 18.1 Å². The third kappa shape index (κ3) is 8.23. The van der Waals surface area contributed by atoms with Crippen molar-refractivity contribution >= 4 is 41.0 Å². The number of carbonyl (C=O) groups is 2.